The second-order valence-electron chi connectivity index (χ2n) is 8.77. The third-order valence-corrected chi connectivity index (χ3v) is 7.66. The van der Waals surface area contributed by atoms with Crippen molar-refractivity contribution in [2.75, 3.05) is 6.61 Å². The maximum Gasteiger partial charge on any atom is 0.293 e. The fraction of sp³-hybridized carbons (Fsp3) is 0.129. The van der Waals surface area contributed by atoms with Crippen molar-refractivity contribution in [3.05, 3.63) is 110 Å². The zero-order chi connectivity index (χ0) is 27.4. The maximum atomic E-state index is 13.1. The average Bonchev–Trinajstić information content (AvgIpc) is 3.20. The average molecular weight is 600 g/mol. The van der Waals surface area contributed by atoms with Gasteiger partial charge in [-0.3, -0.25) is 14.5 Å². The van der Waals surface area contributed by atoms with Crippen molar-refractivity contribution in [3.8, 4) is 17.6 Å². The lowest BCUT2D eigenvalue weighted by Gasteiger charge is -2.15. The van der Waals surface area contributed by atoms with Gasteiger partial charge in [0.1, 0.15) is 6.61 Å². The van der Waals surface area contributed by atoms with Crippen LogP contribution in [0.3, 0.4) is 0 Å². The van der Waals surface area contributed by atoms with E-state index in [0.717, 1.165) is 27.6 Å². The molecule has 0 bridgehead atoms. The molecular weight excluding hydrogens is 576 g/mol. The van der Waals surface area contributed by atoms with Crippen molar-refractivity contribution in [3.63, 3.8) is 0 Å². The number of nitrogens with zero attached hydrogens (tertiary/aromatic N) is 2. The Hall–Kier alpha value is -4.06. The summed E-state index contributed by atoms with van der Waals surface area (Å²) in [5.41, 5.74) is 2.77. The third kappa shape index (κ3) is 5.85. The number of carbonyl (C=O) groups is 2. The molecular formula is C31H23BrN2O4S. The first-order valence-corrected chi connectivity index (χ1v) is 13.9. The highest BCUT2D eigenvalue weighted by Crippen LogP contribution is 2.40. The molecule has 1 saturated heterocycles. The summed E-state index contributed by atoms with van der Waals surface area (Å²) in [4.78, 5) is 27.2. The Kier molecular flexibility index (Phi) is 8.01. The minimum absolute atomic E-state index is 0.0428. The second-order valence-corrected chi connectivity index (χ2v) is 10.6. The molecule has 0 spiro atoms. The zero-order valence-corrected chi connectivity index (χ0v) is 23.4. The van der Waals surface area contributed by atoms with Crippen molar-refractivity contribution in [1.82, 2.24) is 4.90 Å². The molecule has 0 atom stereocenters. The molecule has 0 N–H and O–H groups in total. The molecule has 0 radical (unpaired) electrons. The highest BCUT2D eigenvalue weighted by atomic mass is 79.9. The standard InChI is InChI=1S/C31H23BrN2O4S/c1-2-37-27-15-21(14-26(32)29(27)38-19-20-11-12-22-7-3-4-8-23(22)13-20)16-28-30(35)34(31(36)39-28)18-25-10-6-5-9-24(25)17-33/h3-16H,2,18-19H2,1H3/b28-16+. The number of fused-ring (bicyclic) bond motifs is 1. The molecule has 1 heterocycles. The van der Waals surface area contributed by atoms with E-state index in [9.17, 15) is 14.9 Å². The van der Waals surface area contributed by atoms with E-state index < -0.39 is 5.91 Å². The molecule has 0 aromatic heterocycles. The van der Waals surface area contributed by atoms with Crippen LogP contribution in [0.1, 0.15) is 29.2 Å². The second kappa shape index (κ2) is 11.8. The number of imide groups is 1. The Morgan fingerprint density at radius 1 is 0.974 bits per heavy atom. The van der Waals surface area contributed by atoms with Crippen LogP contribution in [0.2, 0.25) is 0 Å². The number of ether oxygens (including phenoxy) is 2. The van der Waals surface area contributed by atoms with Crippen LogP contribution >= 0.6 is 27.7 Å². The van der Waals surface area contributed by atoms with Gasteiger partial charge in [0.05, 0.1) is 34.2 Å². The Labute approximate surface area is 239 Å². The first-order chi connectivity index (χ1) is 19.0. The molecule has 4 aromatic rings. The molecule has 0 aliphatic carbocycles. The van der Waals surface area contributed by atoms with Crippen molar-refractivity contribution in [2.24, 2.45) is 0 Å². The van der Waals surface area contributed by atoms with Crippen LogP contribution in [0.25, 0.3) is 16.8 Å². The number of hydrogen-bond donors (Lipinski definition) is 0. The number of benzene rings is 4. The lowest BCUT2D eigenvalue weighted by atomic mass is 10.1. The number of amides is 2. The molecule has 0 saturated carbocycles. The minimum Gasteiger partial charge on any atom is -0.490 e. The lowest BCUT2D eigenvalue weighted by molar-refractivity contribution is -0.123. The van der Waals surface area contributed by atoms with Gasteiger partial charge < -0.3 is 9.47 Å². The Morgan fingerprint density at radius 2 is 1.74 bits per heavy atom. The molecule has 5 rings (SSSR count). The van der Waals surface area contributed by atoms with Crippen LogP contribution in [0.15, 0.2) is 88.2 Å². The summed E-state index contributed by atoms with van der Waals surface area (Å²) in [6.45, 7) is 2.71. The van der Waals surface area contributed by atoms with Crippen LogP contribution in [0, 0.1) is 11.3 Å². The predicted molar refractivity (Wildman–Crippen MR) is 156 cm³/mol. The van der Waals surface area contributed by atoms with Crippen molar-refractivity contribution in [1.29, 1.82) is 5.26 Å². The number of carbonyl (C=O) groups excluding carboxylic acids is 2. The van der Waals surface area contributed by atoms with Crippen molar-refractivity contribution < 1.29 is 19.1 Å². The number of thioether (sulfide) groups is 1. The van der Waals surface area contributed by atoms with Crippen LogP contribution in [-0.4, -0.2) is 22.7 Å². The first kappa shape index (κ1) is 26.5. The summed E-state index contributed by atoms with van der Waals surface area (Å²) in [5, 5.41) is 11.3. The van der Waals surface area contributed by atoms with Crippen molar-refractivity contribution >= 4 is 55.7 Å². The minimum atomic E-state index is -0.400. The monoisotopic (exact) mass is 598 g/mol. The number of hydrogen-bond acceptors (Lipinski definition) is 6. The van der Waals surface area contributed by atoms with E-state index in [1.807, 2.05) is 31.2 Å². The van der Waals surface area contributed by atoms with Crippen LogP contribution in [0.4, 0.5) is 4.79 Å². The quantitative estimate of drug-likeness (QED) is 0.193. The zero-order valence-electron chi connectivity index (χ0n) is 21.0. The fourth-order valence-electron chi connectivity index (χ4n) is 4.28. The summed E-state index contributed by atoms with van der Waals surface area (Å²) in [6, 6.07) is 27.0. The number of halogens is 1. The summed E-state index contributed by atoms with van der Waals surface area (Å²) in [6.07, 6.45) is 1.67. The van der Waals surface area contributed by atoms with E-state index in [1.165, 1.54) is 5.39 Å². The van der Waals surface area contributed by atoms with Gasteiger partial charge in [0.25, 0.3) is 11.1 Å². The lowest BCUT2D eigenvalue weighted by Crippen LogP contribution is -2.27. The summed E-state index contributed by atoms with van der Waals surface area (Å²) in [7, 11) is 0. The summed E-state index contributed by atoms with van der Waals surface area (Å²) in [5.74, 6) is 0.688. The van der Waals surface area contributed by atoms with Gasteiger partial charge in [-0.15, -0.1) is 0 Å². The smallest absolute Gasteiger partial charge is 0.293 e. The molecule has 194 valence electrons. The van der Waals surface area contributed by atoms with E-state index in [0.29, 0.717) is 50.8 Å². The topological polar surface area (TPSA) is 79.6 Å². The summed E-state index contributed by atoms with van der Waals surface area (Å²) >= 11 is 4.47. The molecule has 1 aliphatic heterocycles. The van der Waals surface area contributed by atoms with Gasteiger partial charge in [0.15, 0.2) is 11.5 Å². The molecule has 6 nitrogen and oxygen atoms in total. The number of rotatable bonds is 8. The van der Waals surface area contributed by atoms with Gasteiger partial charge in [-0.2, -0.15) is 5.26 Å². The predicted octanol–water partition coefficient (Wildman–Crippen LogP) is 7.69. The molecule has 1 fully saturated rings. The van der Waals surface area contributed by atoms with Gasteiger partial charge in [-0.1, -0.05) is 54.6 Å². The molecule has 1 aliphatic rings. The van der Waals surface area contributed by atoms with Crippen LogP contribution in [-0.2, 0) is 17.9 Å². The molecule has 8 heteroatoms. The molecule has 4 aromatic carbocycles. The van der Waals surface area contributed by atoms with E-state index in [1.54, 1.807) is 36.4 Å². The third-order valence-electron chi connectivity index (χ3n) is 6.17. The molecule has 0 unspecified atom stereocenters. The normalized spacial score (nSPS) is 14.2. The molecule has 2 amide bonds. The molecule has 39 heavy (non-hydrogen) atoms. The van der Waals surface area contributed by atoms with E-state index in [2.05, 4.69) is 46.3 Å². The van der Waals surface area contributed by atoms with Crippen LogP contribution < -0.4 is 9.47 Å². The van der Waals surface area contributed by atoms with E-state index in [-0.39, 0.29) is 11.8 Å². The number of nitriles is 1. The van der Waals surface area contributed by atoms with Gasteiger partial charge in [-0.05, 0) is 92.4 Å². The largest absolute Gasteiger partial charge is 0.490 e. The highest BCUT2D eigenvalue weighted by Gasteiger charge is 2.35. The van der Waals surface area contributed by atoms with E-state index >= 15 is 0 Å². The van der Waals surface area contributed by atoms with Gasteiger partial charge >= 0.3 is 0 Å². The Bertz CT molecular complexity index is 1660. The SMILES string of the molecule is CCOc1cc(/C=C2/SC(=O)N(Cc3ccccc3C#N)C2=O)cc(Br)c1OCc1ccc2ccccc2c1. The van der Waals surface area contributed by atoms with Crippen LogP contribution in [0.5, 0.6) is 11.5 Å². The fourth-order valence-corrected chi connectivity index (χ4v) is 5.70. The first-order valence-electron chi connectivity index (χ1n) is 12.3. The van der Waals surface area contributed by atoms with E-state index in [4.69, 9.17) is 9.47 Å². The summed E-state index contributed by atoms with van der Waals surface area (Å²) < 4.78 is 12.7. The van der Waals surface area contributed by atoms with Gasteiger partial charge in [0.2, 0.25) is 0 Å². The van der Waals surface area contributed by atoms with Crippen molar-refractivity contribution in [2.45, 2.75) is 20.1 Å². The maximum absolute atomic E-state index is 13.1. The van der Waals surface area contributed by atoms with Gasteiger partial charge in [-0.25, -0.2) is 0 Å². The highest BCUT2D eigenvalue weighted by molar-refractivity contribution is 9.10. The Balaban J connectivity index is 1.37. The van der Waals surface area contributed by atoms with Gasteiger partial charge in [0, 0.05) is 0 Å². The Morgan fingerprint density at radius 3 is 2.54 bits per heavy atom.